The summed E-state index contributed by atoms with van der Waals surface area (Å²) >= 11 is 0. The van der Waals surface area contributed by atoms with Gasteiger partial charge in [0.05, 0.1) is 11.1 Å². The first kappa shape index (κ1) is 16.0. The van der Waals surface area contributed by atoms with E-state index in [0.717, 1.165) is 22.2 Å². The van der Waals surface area contributed by atoms with Crippen LogP contribution in [0, 0.1) is 5.82 Å². The molecule has 4 rings (SSSR count). The van der Waals surface area contributed by atoms with E-state index < -0.39 is 0 Å². The highest BCUT2D eigenvalue weighted by atomic mass is 19.1. The Balaban J connectivity index is 1.76. The third-order valence-electron chi connectivity index (χ3n) is 4.40. The van der Waals surface area contributed by atoms with Gasteiger partial charge in [0.25, 0.3) is 5.56 Å². The number of hydrogen-bond donors (Lipinski definition) is 2. The average Bonchev–Trinajstić information content (AvgIpc) is 2.66. The van der Waals surface area contributed by atoms with Crippen molar-refractivity contribution in [3.05, 3.63) is 94.2 Å². The second-order valence-corrected chi connectivity index (χ2v) is 6.16. The number of benzene rings is 3. The highest BCUT2D eigenvalue weighted by Crippen LogP contribution is 2.26. The molecule has 3 N–H and O–H groups in total. The molecule has 0 aliphatic carbocycles. The van der Waals surface area contributed by atoms with Gasteiger partial charge in [0.15, 0.2) is 0 Å². The molecular weight excluding hydrogens is 329 g/mol. The fourth-order valence-electron chi connectivity index (χ4n) is 3.07. The quantitative estimate of drug-likeness (QED) is 0.553. The Bertz CT molecular complexity index is 1150. The minimum atomic E-state index is -0.294. The van der Waals surface area contributed by atoms with E-state index in [1.165, 1.54) is 6.07 Å². The number of aromatic amines is 1. The van der Waals surface area contributed by atoms with E-state index in [1.54, 1.807) is 36.4 Å². The van der Waals surface area contributed by atoms with E-state index in [4.69, 9.17) is 5.73 Å². The van der Waals surface area contributed by atoms with E-state index in [9.17, 15) is 9.18 Å². The SMILES string of the molecule is Nc1ccc(-c2cc(Cc3n[nH]c(=O)c4ccccc34)ccc2F)cc1. The number of nitrogens with two attached hydrogens (primary N) is 1. The lowest BCUT2D eigenvalue weighted by molar-refractivity contribution is 0.630. The molecule has 1 aromatic heterocycles. The molecule has 26 heavy (non-hydrogen) atoms. The standard InChI is InChI=1S/C21H16FN3O/c22-19-10-5-13(11-18(19)14-6-8-15(23)9-7-14)12-20-16-3-1-2-4-17(16)21(26)25-24-20/h1-11H,12,23H2,(H,25,26). The van der Waals surface area contributed by atoms with Crippen molar-refractivity contribution in [1.29, 1.82) is 0 Å². The zero-order valence-electron chi connectivity index (χ0n) is 13.9. The number of H-pyrrole nitrogens is 1. The third-order valence-corrected chi connectivity index (χ3v) is 4.40. The topological polar surface area (TPSA) is 71.8 Å². The van der Waals surface area contributed by atoms with E-state index >= 15 is 0 Å². The number of nitrogens with zero attached hydrogens (tertiary/aromatic N) is 1. The molecule has 128 valence electrons. The second kappa shape index (κ2) is 6.44. The molecule has 4 nitrogen and oxygen atoms in total. The number of fused-ring (bicyclic) bond motifs is 1. The van der Waals surface area contributed by atoms with Gasteiger partial charge < -0.3 is 5.73 Å². The molecule has 0 bridgehead atoms. The van der Waals surface area contributed by atoms with Gasteiger partial charge >= 0.3 is 0 Å². The van der Waals surface area contributed by atoms with Gasteiger partial charge in [-0.15, -0.1) is 0 Å². The van der Waals surface area contributed by atoms with Gasteiger partial charge in [0.1, 0.15) is 5.82 Å². The Hall–Kier alpha value is -3.47. The molecule has 3 aromatic carbocycles. The second-order valence-electron chi connectivity index (χ2n) is 6.16. The molecule has 0 amide bonds. The first-order valence-corrected chi connectivity index (χ1v) is 8.22. The fourth-order valence-corrected chi connectivity index (χ4v) is 3.07. The van der Waals surface area contributed by atoms with Crippen LogP contribution in [0.3, 0.4) is 0 Å². The Morgan fingerprint density at radius 2 is 1.69 bits per heavy atom. The third kappa shape index (κ3) is 2.95. The molecule has 0 radical (unpaired) electrons. The van der Waals surface area contributed by atoms with Crippen molar-refractivity contribution in [2.75, 3.05) is 5.73 Å². The van der Waals surface area contributed by atoms with Crippen LogP contribution in [0.5, 0.6) is 0 Å². The number of rotatable bonds is 3. The van der Waals surface area contributed by atoms with Crippen molar-refractivity contribution in [3.63, 3.8) is 0 Å². The summed E-state index contributed by atoms with van der Waals surface area (Å²) in [5.41, 5.74) is 9.05. The maximum absolute atomic E-state index is 14.3. The summed E-state index contributed by atoms with van der Waals surface area (Å²) in [5, 5.41) is 8.12. The van der Waals surface area contributed by atoms with Gasteiger partial charge in [0, 0.05) is 23.1 Å². The van der Waals surface area contributed by atoms with Crippen molar-refractivity contribution in [1.82, 2.24) is 10.2 Å². The summed E-state index contributed by atoms with van der Waals surface area (Å²) in [5.74, 6) is -0.294. The molecule has 0 spiro atoms. The first-order valence-electron chi connectivity index (χ1n) is 8.22. The van der Waals surface area contributed by atoms with Crippen LogP contribution in [0.1, 0.15) is 11.3 Å². The average molecular weight is 345 g/mol. The largest absolute Gasteiger partial charge is 0.399 e. The van der Waals surface area contributed by atoms with Crippen molar-refractivity contribution < 1.29 is 4.39 Å². The maximum Gasteiger partial charge on any atom is 0.272 e. The number of anilines is 1. The fraction of sp³-hybridized carbons (Fsp3) is 0.0476. The smallest absolute Gasteiger partial charge is 0.272 e. The number of nitrogen functional groups attached to an aromatic ring is 1. The van der Waals surface area contributed by atoms with Crippen molar-refractivity contribution in [3.8, 4) is 11.1 Å². The lowest BCUT2D eigenvalue weighted by atomic mass is 9.99. The summed E-state index contributed by atoms with van der Waals surface area (Å²) in [6.07, 6.45) is 0.486. The Morgan fingerprint density at radius 3 is 2.46 bits per heavy atom. The van der Waals surface area contributed by atoms with Gasteiger partial charge in [-0.05, 0) is 41.5 Å². The summed E-state index contributed by atoms with van der Waals surface area (Å²) in [6, 6.07) is 19.4. The monoisotopic (exact) mass is 345 g/mol. The Kier molecular flexibility index (Phi) is 3.97. The van der Waals surface area contributed by atoms with Crippen LogP contribution in [0.4, 0.5) is 10.1 Å². The Labute approximate surface area is 149 Å². The zero-order valence-corrected chi connectivity index (χ0v) is 13.9. The number of nitrogens with one attached hydrogen (secondary N) is 1. The van der Waals surface area contributed by atoms with Crippen LogP contribution in [0.25, 0.3) is 21.9 Å². The van der Waals surface area contributed by atoms with Crippen molar-refractivity contribution in [2.24, 2.45) is 0 Å². The minimum Gasteiger partial charge on any atom is -0.399 e. The normalized spacial score (nSPS) is 11.0. The van der Waals surface area contributed by atoms with Gasteiger partial charge in [-0.3, -0.25) is 4.79 Å². The van der Waals surface area contributed by atoms with Crippen molar-refractivity contribution in [2.45, 2.75) is 6.42 Å². The zero-order chi connectivity index (χ0) is 18.1. The molecule has 0 aliphatic heterocycles. The molecule has 0 saturated carbocycles. The van der Waals surface area contributed by atoms with Crippen LogP contribution in [0.15, 0.2) is 71.5 Å². The first-order chi connectivity index (χ1) is 12.6. The molecule has 1 heterocycles. The molecule has 0 atom stereocenters. The van der Waals surface area contributed by atoms with Crippen LogP contribution >= 0.6 is 0 Å². The molecule has 0 aliphatic rings. The molecule has 4 aromatic rings. The molecule has 0 fully saturated rings. The summed E-state index contributed by atoms with van der Waals surface area (Å²) in [4.78, 5) is 11.9. The van der Waals surface area contributed by atoms with E-state index in [-0.39, 0.29) is 11.4 Å². The molecule has 5 heteroatoms. The number of halogens is 1. The van der Waals surface area contributed by atoms with Gasteiger partial charge in [-0.2, -0.15) is 5.10 Å². The highest BCUT2D eigenvalue weighted by Gasteiger charge is 2.10. The lowest BCUT2D eigenvalue weighted by Gasteiger charge is -2.09. The van der Waals surface area contributed by atoms with E-state index in [2.05, 4.69) is 10.2 Å². The van der Waals surface area contributed by atoms with Crippen molar-refractivity contribution >= 4 is 16.5 Å². The van der Waals surface area contributed by atoms with Gasteiger partial charge in [-0.1, -0.05) is 36.4 Å². The maximum atomic E-state index is 14.3. The van der Waals surface area contributed by atoms with Crippen LogP contribution in [-0.4, -0.2) is 10.2 Å². The Morgan fingerprint density at radius 1 is 0.962 bits per heavy atom. The minimum absolute atomic E-state index is 0.217. The predicted molar refractivity (Wildman–Crippen MR) is 101 cm³/mol. The van der Waals surface area contributed by atoms with Gasteiger partial charge in [0.2, 0.25) is 0 Å². The summed E-state index contributed by atoms with van der Waals surface area (Å²) in [7, 11) is 0. The number of aromatic nitrogens is 2. The van der Waals surface area contributed by atoms with Crippen LogP contribution < -0.4 is 11.3 Å². The highest BCUT2D eigenvalue weighted by molar-refractivity contribution is 5.83. The predicted octanol–water partition coefficient (Wildman–Crippen LogP) is 3.90. The summed E-state index contributed by atoms with van der Waals surface area (Å²) in [6.45, 7) is 0. The molecule has 0 unspecified atom stereocenters. The number of hydrogen-bond acceptors (Lipinski definition) is 3. The molecular formula is C21H16FN3O. The van der Waals surface area contributed by atoms with E-state index in [0.29, 0.717) is 23.1 Å². The van der Waals surface area contributed by atoms with Crippen LogP contribution in [-0.2, 0) is 6.42 Å². The van der Waals surface area contributed by atoms with Crippen LogP contribution in [0.2, 0.25) is 0 Å². The molecule has 0 saturated heterocycles. The lowest BCUT2D eigenvalue weighted by Crippen LogP contribution is -2.11. The van der Waals surface area contributed by atoms with E-state index in [1.807, 2.05) is 24.3 Å². The summed E-state index contributed by atoms with van der Waals surface area (Å²) < 4.78 is 14.3. The van der Waals surface area contributed by atoms with Gasteiger partial charge in [-0.25, -0.2) is 9.49 Å².